The monoisotopic (exact) mass is 267 g/mol. The summed E-state index contributed by atoms with van der Waals surface area (Å²) in [5.74, 6) is 2.60. The summed E-state index contributed by atoms with van der Waals surface area (Å²) >= 11 is 1.53. The lowest BCUT2D eigenvalue weighted by molar-refractivity contribution is 0.483. The van der Waals surface area contributed by atoms with Crippen molar-refractivity contribution in [3.05, 3.63) is 23.5 Å². The van der Waals surface area contributed by atoms with Crippen molar-refractivity contribution in [2.24, 2.45) is 5.92 Å². The van der Waals surface area contributed by atoms with Crippen LogP contribution in [-0.4, -0.2) is 5.75 Å². The summed E-state index contributed by atoms with van der Waals surface area (Å²) < 4.78 is 5.61. The topological polar surface area (TPSA) is 33.0 Å². The van der Waals surface area contributed by atoms with Gasteiger partial charge in [-0.3, -0.25) is 0 Å². The summed E-state index contributed by atoms with van der Waals surface area (Å²) in [6, 6.07) is 2.12. The molecule has 0 aliphatic rings. The lowest BCUT2D eigenvalue weighted by Gasteiger charge is -2.10. The minimum Gasteiger partial charge on any atom is -0.431 e. The molecule has 0 radical (unpaired) electrons. The zero-order valence-electron chi connectivity index (χ0n) is 12.0. The molecule has 0 saturated heterocycles. The highest BCUT2D eigenvalue weighted by molar-refractivity contribution is 7.94. The van der Waals surface area contributed by atoms with Gasteiger partial charge in [-0.25, -0.2) is 0 Å². The first-order chi connectivity index (χ1) is 8.61. The molecule has 0 rings (SSSR count). The Balaban J connectivity index is 3.95. The Hall–Kier alpha value is -0.880. The van der Waals surface area contributed by atoms with Crippen molar-refractivity contribution >= 4 is 12.0 Å². The van der Waals surface area contributed by atoms with Crippen molar-refractivity contribution in [3.8, 4) is 6.07 Å². The van der Waals surface area contributed by atoms with Crippen LogP contribution in [0.5, 0.6) is 0 Å². The van der Waals surface area contributed by atoms with Gasteiger partial charge < -0.3 is 4.18 Å². The SMILES string of the molecule is CCCSO/C(C)=C(/C)CCC(C)/C=C\CC#N. The van der Waals surface area contributed by atoms with E-state index in [9.17, 15) is 0 Å². The summed E-state index contributed by atoms with van der Waals surface area (Å²) in [5, 5.41) is 8.45. The summed E-state index contributed by atoms with van der Waals surface area (Å²) in [4.78, 5) is 0. The molecule has 0 aromatic rings. The molecule has 0 aromatic heterocycles. The molecule has 0 aliphatic heterocycles. The highest BCUT2D eigenvalue weighted by Gasteiger charge is 2.02. The van der Waals surface area contributed by atoms with Gasteiger partial charge in [0.05, 0.1) is 24.5 Å². The lowest BCUT2D eigenvalue weighted by Crippen LogP contribution is -1.93. The maximum Gasteiger partial charge on any atom is 0.110 e. The first-order valence-corrected chi connectivity index (χ1v) is 7.52. The summed E-state index contributed by atoms with van der Waals surface area (Å²) in [5.41, 5.74) is 1.32. The van der Waals surface area contributed by atoms with E-state index in [0.29, 0.717) is 12.3 Å². The van der Waals surface area contributed by atoms with Crippen LogP contribution in [0.1, 0.15) is 53.4 Å². The van der Waals surface area contributed by atoms with Crippen molar-refractivity contribution in [1.82, 2.24) is 0 Å². The molecule has 2 nitrogen and oxygen atoms in total. The predicted octanol–water partition coefficient (Wildman–Crippen LogP) is 5.24. The van der Waals surface area contributed by atoms with Crippen molar-refractivity contribution < 1.29 is 4.18 Å². The van der Waals surface area contributed by atoms with Gasteiger partial charge in [0.2, 0.25) is 0 Å². The van der Waals surface area contributed by atoms with Crippen molar-refractivity contribution in [1.29, 1.82) is 5.26 Å². The number of hydrogen-bond donors (Lipinski definition) is 0. The third kappa shape index (κ3) is 9.18. The third-order valence-corrected chi connectivity index (χ3v) is 3.66. The van der Waals surface area contributed by atoms with Gasteiger partial charge in [-0.1, -0.05) is 26.0 Å². The van der Waals surface area contributed by atoms with Gasteiger partial charge in [0.15, 0.2) is 0 Å². The average molecular weight is 267 g/mol. The largest absolute Gasteiger partial charge is 0.431 e. The molecule has 18 heavy (non-hydrogen) atoms. The highest BCUT2D eigenvalue weighted by atomic mass is 32.2. The second kappa shape index (κ2) is 11.2. The molecular weight excluding hydrogens is 242 g/mol. The normalized spacial score (nSPS) is 14.2. The maximum absolute atomic E-state index is 8.45. The fraction of sp³-hybridized carbons (Fsp3) is 0.667. The number of rotatable bonds is 9. The average Bonchev–Trinajstić information content (AvgIpc) is 2.36. The molecule has 1 unspecified atom stereocenters. The van der Waals surface area contributed by atoms with Gasteiger partial charge in [-0.05, 0) is 44.6 Å². The van der Waals surface area contributed by atoms with E-state index in [1.165, 1.54) is 17.6 Å². The Bertz CT molecular complexity index is 315. The predicted molar refractivity (Wildman–Crippen MR) is 80.0 cm³/mol. The van der Waals surface area contributed by atoms with Crippen LogP contribution in [0.15, 0.2) is 23.5 Å². The lowest BCUT2D eigenvalue weighted by atomic mass is 10.0. The fourth-order valence-corrected chi connectivity index (χ4v) is 1.92. The zero-order chi connectivity index (χ0) is 13.8. The van der Waals surface area contributed by atoms with E-state index in [2.05, 4.69) is 32.9 Å². The maximum atomic E-state index is 8.45. The molecule has 0 saturated carbocycles. The molecule has 0 amide bonds. The van der Waals surface area contributed by atoms with E-state index < -0.39 is 0 Å². The highest BCUT2D eigenvalue weighted by Crippen LogP contribution is 2.20. The van der Waals surface area contributed by atoms with Crippen molar-refractivity contribution in [2.45, 2.75) is 53.4 Å². The van der Waals surface area contributed by atoms with Gasteiger partial charge in [-0.2, -0.15) is 5.26 Å². The molecule has 0 bridgehead atoms. The Morgan fingerprint density at radius 3 is 2.78 bits per heavy atom. The van der Waals surface area contributed by atoms with Crippen LogP contribution in [0.3, 0.4) is 0 Å². The van der Waals surface area contributed by atoms with Crippen LogP contribution in [0.4, 0.5) is 0 Å². The number of allylic oxidation sites excluding steroid dienone is 4. The summed E-state index contributed by atoms with van der Waals surface area (Å²) in [7, 11) is 0. The smallest absolute Gasteiger partial charge is 0.110 e. The van der Waals surface area contributed by atoms with Gasteiger partial charge in [0.1, 0.15) is 5.76 Å². The molecule has 0 heterocycles. The molecule has 1 atom stereocenters. The van der Waals surface area contributed by atoms with E-state index in [1.807, 2.05) is 13.0 Å². The van der Waals surface area contributed by atoms with Crippen LogP contribution in [-0.2, 0) is 4.18 Å². The van der Waals surface area contributed by atoms with Crippen LogP contribution in [0.25, 0.3) is 0 Å². The second-order valence-electron chi connectivity index (χ2n) is 4.55. The minimum absolute atomic E-state index is 0.509. The molecule has 102 valence electrons. The first-order valence-electron chi connectivity index (χ1n) is 6.61. The molecule has 0 spiro atoms. The molecule has 0 aliphatic carbocycles. The number of hydrogen-bond acceptors (Lipinski definition) is 3. The quantitative estimate of drug-likeness (QED) is 0.248. The van der Waals surface area contributed by atoms with Crippen molar-refractivity contribution in [2.75, 3.05) is 5.75 Å². The molecule has 3 heteroatoms. The van der Waals surface area contributed by atoms with Gasteiger partial charge >= 0.3 is 0 Å². The van der Waals surface area contributed by atoms with Crippen LogP contribution < -0.4 is 0 Å². The Morgan fingerprint density at radius 2 is 2.17 bits per heavy atom. The first kappa shape index (κ1) is 17.1. The molecule has 0 N–H and O–H groups in total. The second-order valence-corrected chi connectivity index (χ2v) is 5.36. The van der Waals surface area contributed by atoms with Crippen LogP contribution in [0.2, 0.25) is 0 Å². The van der Waals surface area contributed by atoms with Crippen LogP contribution in [0, 0.1) is 17.2 Å². The Labute approximate surface area is 116 Å². The fourth-order valence-electron chi connectivity index (χ4n) is 1.35. The molecule has 0 aromatic carbocycles. The van der Waals surface area contributed by atoms with E-state index >= 15 is 0 Å². The van der Waals surface area contributed by atoms with Crippen LogP contribution >= 0.6 is 12.0 Å². The minimum atomic E-state index is 0.509. The standard InChI is InChI=1S/C15H25NOS/c1-5-12-18-17-15(4)14(3)10-9-13(2)8-6-7-11-16/h6,8,13H,5,7,9-10,12H2,1-4H3/b8-6-,15-14-. The van der Waals surface area contributed by atoms with E-state index in [4.69, 9.17) is 9.44 Å². The van der Waals surface area contributed by atoms with E-state index in [0.717, 1.165) is 30.8 Å². The molecular formula is C15H25NOS. The van der Waals surface area contributed by atoms with Gasteiger partial charge in [0.25, 0.3) is 0 Å². The zero-order valence-corrected chi connectivity index (χ0v) is 12.8. The Morgan fingerprint density at radius 1 is 1.44 bits per heavy atom. The third-order valence-electron chi connectivity index (χ3n) is 2.72. The van der Waals surface area contributed by atoms with Gasteiger partial charge in [0, 0.05) is 5.75 Å². The Kier molecular flexibility index (Phi) is 10.7. The number of nitriles is 1. The number of nitrogens with zero attached hydrogens (tertiary/aromatic N) is 1. The van der Waals surface area contributed by atoms with E-state index in [1.54, 1.807) is 0 Å². The van der Waals surface area contributed by atoms with Crippen molar-refractivity contribution in [3.63, 3.8) is 0 Å². The van der Waals surface area contributed by atoms with E-state index in [-0.39, 0.29) is 0 Å². The molecule has 0 fully saturated rings. The summed E-state index contributed by atoms with van der Waals surface area (Å²) in [6.07, 6.45) is 7.87. The van der Waals surface area contributed by atoms with Gasteiger partial charge in [-0.15, -0.1) is 0 Å². The summed E-state index contributed by atoms with van der Waals surface area (Å²) in [6.45, 7) is 8.50.